The molecule has 0 bridgehead atoms. The molecular weight excluding hydrogens is 286 g/mol. The first-order chi connectivity index (χ1) is 8.09. The van der Waals surface area contributed by atoms with Gasteiger partial charge in [-0.2, -0.15) is 0 Å². The summed E-state index contributed by atoms with van der Waals surface area (Å²) in [7, 11) is 0. The lowest BCUT2D eigenvalue weighted by atomic mass is 10.1. The lowest BCUT2D eigenvalue weighted by molar-refractivity contribution is 0.00363. The minimum Gasteiger partial charge on any atom is -0.383 e. The summed E-state index contributed by atoms with van der Waals surface area (Å²) >= 11 is 3.29. The van der Waals surface area contributed by atoms with E-state index in [0.29, 0.717) is 25.3 Å². The number of hydrogen-bond acceptors (Lipinski definition) is 4. The summed E-state index contributed by atoms with van der Waals surface area (Å²) < 4.78 is 6.05. The molecule has 1 fully saturated rings. The van der Waals surface area contributed by atoms with Crippen molar-refractivity contribution in [2.75, 3.05) is 25.5 Å². The van der Waals surface area contributed by atoms with Gasteiger partial charge in [0.2, 0.25) is 0 Å². The Morgan fingerprint density at radius 2 is 2.47 bits per heavy atom. The SMILES string of the molecule is CC1COCCN1C(=O)c1cc(Br)cnc1N. The van der Waals surface area contributed by atoms with Gasteiger partial charge in [-0.25, -0.2) is 4.98 Å². The van der Waals surface area contributed by atoms with Crippen molar-refractivity contribution in [3.05, 3.63) is 22.3 Å². The van der Waals surface area contributed by atoms with Gasteiger partial charge in [0.15, 0.2) is 0 Å². The summed E-state index contributed by atoms with van der Waals surface area (Å²) in [5.41, 5.74) is 6.17. The minimum absolute atomic E-state index is 0.0645. The molecule has 1 amide bonds. The van der Waals surface area contributed by atoms with E-state index in [1.165, 1.54) is 0 Å². The summed E-state index contributed by atoms with van der Waals surface area (Å²) in [6.07, 6.45) is 1.58. The van der Waals surface area contributed by atoms with Crippen LogP contribution in [-0.4, -0.2) is 41.6 Å². The summed E-state index contributed by atoms with van der Waals surface area (Å²) in [5, 5.41) is 0. The van der Waals surface area contributed by atoms with E-state index in [1.807, 2.05) is 6.92 Å². The van der Waals surface area contributed by atoms with Crippen molar-refractivity contribution in [3.8, 4) is 0 Å². The van der Waals surface area contributed by atoms with E-state index in [1.54, 1.807) is 17.2 Å². The predicted molar refractivity (Wildman–Crippen MR) is 67.7 cm³/mol. The van der Waals surface area contributed by atoms with Crippen molar-refractivity contribution in [2.45, 2.75) is 13.0 Å². The van der Waals surface area contributed by atoms with Crippen LogP contribution in [0.4, 0.5) is 5.82 Å². The second kappa shape index (κ2) is 5.01. The van der Waals surface area contributed by atoms with E-state index in [4.69, 9.17) is 10.5 Å². The van der Waals surface area contributed by atoms with Crippen LogP contribution in [0.5, 0.6) is 0 Å². The molecule has 92 valence electrons. The fourth-order valence-electron chi connectivity index (χ4n) is 1.80. The van der Waals surface area contributed by atoms with E-state index in [0.717, 1.165) is 4.47 Å². The van der Waals surface area contributed by atoms with Crippen LogP contribution in [0.1, 0.15) is 17.3 Å². The second-order valence-corrected chi connectivity index (χ2v) is 4.92. The standard InChI is InChI=1S/C11H14BrN3O2/c1-7-6-17-3-2-15(7)11(16)9-4-8(12)5-14-10(9)13/h4-5,7H,2-3,6H2,1H3,(H2,13,14). The van der Waals surface area contributed by atoms with Crippen LogP contribution < -0.4 is 5.73 Å². The molecule has 1 saturated heterocycles. The molecule has 5 nitrogen and oxygen atoms in total. The topological polar surface area (TPSA) is 68.5 Å². The zero-order chi connectivity index (χ0) is 12.4. The van der Waals surface area contributed by atoms with E-state index in [-0.39, 0.29) is 17.8 Å². The van der Waals surface area contributed by atoms with Crippen LogP contribution in [0.2, 0.25) is 0 Å². The number of carbonyl (C=O) groups excluding carboxylic acids is 1. The number of halogens is 1. The molecule has 0 aromatic carbocycles. The van der Waals surface area contributed by atoms with Crippen LogP contribution in [0.15, 0.2) is 16.7 Å². The second-order valence-electron chi connectivity index (χ2n) is 4.01. The van der Waals surface area contributed by atoms with Crippen LogP contribution in [0, 0.1) is 0 Å². The van der Waals surface area contributed by atoms with Gasteiger partial charge in [0.25, 0.3) is 5.91 Å². The van der Waals surface area contributed by atoms with Gasteiger partial charge < -0.3 is 15.4 Å². The normalized spacial score (nSPS) is 20.4. The van der Waals surface area contributed by atoms with E-state index >= 15 is 0 Å². The average molecular weight is 300 g/mol. The van der Waals surface area contributed by atoms with Gasteiger partial charge in [-0.3, -0.25) is 4.79 Å². The van der Waals surface area contributed by atoms with E-state index in [9.17, 15) is 4.79 Å². The van der Waals surface area contributed by atoms with Gasteiger partial charge in [0.1, 0.15) is 5.82 Å². The number of hydrogen-bond donors (Lipinski definition) is 1. The first-order valence-corrected chi connectivity index (χ1v) is 6.18. The molecule has 1 atom stereocenters. The Labute approximate surface area is 108 Å². The highest BCUT2D eigenvalue weighted by molar-refractivity contribution is 9.10. The average Bonchev–Trinajstić information content (AvgIpc) is 2.32. The highest BCUT2D eigenvalue weighted by atomic mass is 79.9. The maximum absolute atomic E-state index is 12.3. The van der Waals surface area contributed by atoms with Gasteiger partial charge in [0.05, 0.1) is 24.8 Å². The lowest BCUT2D eigenvalue weighted by Crippen LogP contribution is -2.47. The molecule has 2 rings (SSSR count). The van der Waals surface area contributed by atoms with Crippen LogP contribution in [0.25, 0.3) is 0 Å². The van der Waals surface area contributed by atoms with E-state index in [2.05, 4.69) is 20.9 Å². The Morgan fingerprint density at radius 1 is 1.71 bits per heavy atom. The Kier molecular flexibility index (Phi) is 3.63. The summed E-state index contributed by atoms with van der Waals surface area (Å²) in [6, 6.07) is 1.77. The van der Waals surface area contributed by atoms with Crippen LogP contribution in [-0.2, 0) is 4.74 Å². The molecule has 1 unspecified atom stereocenters. The Hall–Kier alpha value is -1.14. The van der Waals surface area contributed by atoms with Crippen molar-refractivity contribution in [3.63, 3.8) is 0 Å². The van der Waals surface area contributed by atoms with Gasteiger partial charge in [-0.05, 0) is 28.9 Å². The number of anilines is 1. The number of rotatable bonds is 1. The highest BCUT2D eigenvalue weighted by Gasteiger charge is 2.26. The maximum Gasteiger partial charge on any atom is 0.258 e. The van der Waals surface area contributed by atoms with Crippen LogP contribution >= 0.6 is 15.9 Å². The first-order valence-electron chi connectivity index (χ1n) is 5.39. The van der Waals surface area contributed by atoms with Crippen molar-refractivity contribution < 1.29 is 9.53 Å². The van der Waals surface area contributed by atoms with Gasteiger partial charge in [0, 0.05) is 17.2 Å². The Balaban J connectivity index is 2.26. The third-order valence-electron chi connectivity index (χ3n) is 2.74. The molecule has 0 radical (unpaired) electrons. The molecule has 17 heavy (non-hydrogen) atoms. The van der Waals surface area contributed by atoms with E-state index < -0.39 is 0 Å². The molecule has 2 N–H and O–H groups in total. The molecule has 6 heteroatoms. The smallest absolute Gasteiger partial charge is 0.258 e. The van der Waals surface area contributed by atoms with Gasteiger partial charge >= 0.3 is 0 Å². The maximum atomic E-state index is 12.3. The number of aromatic nitrogens is 1. The van der Waals surface area contributed by atoms with Crippen molar-refractivity contribution in [1.29, 1.82) is 0 Å². The quantitative estimate of drug-likeness (QED) is 0.848. The fraction of sp³-hybridized carbons (Fsp3) is 0.455. The third-order valence-corrected chi connectivity index (χ3v) is 3.18. The molecule has 1 aliphatic rings. The molecule has 0 saturated carbocycles. The number of carbonyl (C=O) groups is 1. The summed E-state index contributed by atoms with van der Waals surface area (Å²) in [4.78, 5) is 18.1. The van der Waals surface area contributed by atoms with Gasteiger partial charge in [-0.1, -0.05) is 0 Å². The number of pyridine rings is 1. The zero-order valence-corrected chi connectivity index (χ0v) is 11.1. The molecule has 2 heterocycles. The minimum atomic E-state index is -0.0906. The number of nitrogen functional groups attached to an aromatic ring is 1. The molecule has 1 aromatic heterocycles. The Morgan fingerprint density at radius 3 is 3.18 bits per heavy atom. The number of nitrogens with zero attached hydrogens (tertiary/aromatic N) is 2. The Bertz CT molecular complexity index is 439. The third kappa shape index (κ3) is 2.58. The van der Waals surface area contributed by atoms with Crippen molar-refractivity contribution in [1.82, 2.24) is 9.88 Å². The lowest BCUT2D eigenvalue weighted by Gasteiger charge is -2.33. The monoisotopic (exact) mass is 299 g/mol. The molecule has 0 aliphatic carbocycles. The molecular formula is C11H14BrN3O2. The molecule has 0 spiro atoms. The fourth-order valence-corrected chi connectivity index (χ4v) is 2.14. The number of nitrogens with two attached hydrogens (primary N) is 1. The summed E-state index contributed by atoms with van der Waals surface area (Å²) in [6.45, 7) is 3.68. The highest BCUT2D eigenvalue weighted by Crippen LogP contribution is 2.19. The summed E-state index contributed by atoms with van der Waals surface area (Å²) in [5.74, 6) is 0.170. The van der Waals surface area contributed by atoms with Crippen molar-refractivity contribution >= 4 is 27.7 Å². The largest absolute Gasteiger partial charge is 0.383 e. The molecule has 1 aliphatic heterocycles. The number of morpholine rings is 1. The number of ether oxygens (including phenoxy) is 1. The number of amides is 1. The molecule has 1 aromatic rings. The predicted octanol–water partition coefficient (Wildman–Crippen LogP) is 1.29. The van der Waals surface area contributed by atoms with Gasteiger partial charge in [-0.15, -0.1) is 0 Å². The zero-order valence-electron chi connectivity index (χ0n) is 9.52. The van der Waals surface area contributed by atoms with Crippen molar-refractivity contribution in [2.24, 2.45) is 0 Å². The first kappa shape index (κ1) is 12.3. The van der Waals surface area contributed by atoms with Crippen LogP contribution in [0.3, 0.4) is 0 Å².